The second-order valence-corrected chi connectivity index (χ2v) is 5.75. The molecule has 2 aromatic carbocycles. The minimum absolute atomic E-state index is 0.0110. The van der Waals surface area contributed by atoms with E-state index in [9.17, 15) is 9.90 Å². The molecule has 0 fully saturated rings. The van der Waals surface area contributed by atoms with Gasteiger partial charge in [-0.15, -0.1) is 0 Å². The Morgan fingerprint density at radius 2 is 1.59 bits per heavy atom. The van der Waals surface area contributed by atoms with E-state index in [4.69, 9.17) is 9.47 Å². The maximum Gasteiger partial charge on any atom is 0.261 e. The molecule has 3 aromatic rings. The first-order chi connectivity index (χ1) is 13.0. The van der Waals surface area contributed by atoms with E-state index < -0.39 is 5.91 Å². The molecule has 2 N–H and O–H groups in total. The number of methoxy groups -OCH3 is 2. The number of aromatic hydroxyl groups is 1. The highest BCUT2D eigenvalue weighted by molar-refractivity contribution is 6.06. The highest BCUT2D eigenvalue weighted by Crippen LogP contribution is 2.34. The third-order valence-electron chi connectivity index (χ3n) is 4.04. The number of carbonyl (C=O) groups excluding carboxylic acids is 1. The van der Waals surface area contributed by atoms with Gasteiger partial charge in [-0.25, -0.2) is 0 Å². The maximum atomic E-state index is 12.7. The monoisotopic (exact) mass is 365 g/mol. The van der Waals surface area contributed by atoms with Crippen molar-refractivity contribution in [2.24, 2.45) is 0 Å². The first kappa shape index (κ1) is 18.2. The lowest BCUT2D eigenvalue weighted by Gasteiger charge is -2.12. The standard InChI is InChI=1S/C20H19N3O4/c1-12-7-4-5-8-13(12)14-9-6-10-15(18(14)24)19(25)23-20-21-16(26-2)11-17(22-20)27-3/h4-11,24H,1-3H3,(H,21,22,23,25). The lowest BCUT2D eigenvalue weighted by molar-refractivity contribution is 0.102. The molecule has 3 rings (SSSR count). The van der Waals surface area contributed by atoms with Crippen LogP contribution >= 0.6 is 0 Å². The lowest BCUT2D eigenvalue weighted by atomic mass is 9.97. The Bertz CT molecular complexity index is 966. The Kier molecular flexibility index (Phi) is 5.21. The molecule has 1 aromatic heterocycles. The summed E-state index contributed by atoms with van der Waals surface area (Å²) in [6.07, 6.45) is 0. The summed E-state index contributed by atoms with van der Waals surface area (Å²) >= 11 is 0. The Labute approximate surface area is 156 Å². The van der Waals surface area contributed by atoms with Crippen LogP contribution in [0.1, 0.15) is 15.9 Å². The number of rotatable bonds is 5. The van der Waals surface area contributed by atoms with E-state index >= 15 is 0 Å². The second kappa shape index (κ2) is 7.74. The van der Waals surface area contributed by atoms with Gasteiger partial charge in [0.25, 0.3) is 5.91 Å². The molecule has 0 atom stereocenters. The van der Waals surface area contributed by atoms with E-state index in [0.29, 0.717) is 5.56 Å². The molecule has 138 valence electrons. The van der Waals surface area contributed by atoms with Crippen LogP contribution in [0.2, 0.25) is 0 Å². The van der Waals surface area contributed by atoms with Gasteiger partial charge < -0.3 is 14.6 Å². The quantitative estimate of drug-likeness (QED) is 0.719. The Balaban J connectivity index is 1.95. The van der Waals surface area contributed by atoms with Crippen molar-refractivity contribution in [2.45, 2.75) is 6.92 Å². The van der Waals surface area contributed by atoms with Crippen LogP contribution in [0.25, 0.3) is 11.1 Å². The number of nitrogens with one attached hydrogen (secondary N) is 1. The molecule has 0 aliphatic carbocycles. The predicted molar refractivity (Wildman–Crippen MR) is 101 cm³/mol. The third-order valence-corrected chi connectivity index (χ3v) is 4.04. The van der Waals surface area contributed by atoms with E-state index in [1.807, 2.05) is 31.2 Å². The summed E-state index contributed by atoms with van der Waals surface area (Å²) in [6, 6.07) is 14.1. The van der Waals surface area contributed by atoms with Crippen molar-refractivity contribution in [3.05, 3.63) is 59.7 Å². The van der Waals surface area contributed by atoms with Crippen molar-refractivity contribution >= 4 is 11.9 Å². The molecule has 0 saturated carbocycles. The van der Waals surface area contributed by atoms with Gasteiger partial charge in [-0.2, -0.15) is 9.97 Å². The van der Waals surface area contributed by atoms with E-state index in [2.05, 4.69) is 15.3 Å². The number of phenolic OH excluding ortho intramolecular Hbond substituents is 1. The van der Waals surface area contributed by atoms with Gasteiger partial charge in [0.15, 0.2) is 0 Å². The number of hydrogen-bond acceptors (Lipinski definition) is 6. The van der Waals surface area contributed by atoms with Crippen LogP contribution in [-0.4, -0.2) is 35.2 Å². The fraction of sp³-hybridized carbons (Fsp3) is 0.150. The smallest absolute Gasteiger partial charge is 0.261 e. The molecular weight excluding hydrogens is 346 g/mol. The van der Waals surface area contributed by atoms with Crippen LogP contribution < -0.4 is 14.8 Å². The fourth-order valence-electron chi connectivity index (χ4n) is 2.66. The number of phenols is 1. The van der Waals surface area contributed by atoms with Crippen molar-refractivity contribution in [1.82, 2.24) is 9.97 Å². The van der Waals surface area contributed by atoms with Gasteiger partial charge in [-0.1, -0.05) is 36.4 Å². The number of amides is 1. The average molecular weight is 365 g/mol. The Morgan fingerprint density at radius 3 is 2.22 bits per heavy atom. The summed E-state index contributed by atoms with van der Waals surface area (Å²) < 4.78 is 10.1. The van der Waals surface area contributed by atoms with Crippen LogP contribution in [0.3, 0.4) is 0 Å². The number of para-hydroxylation sites is 1. The summed E-state index contributed by atoms with van der Waals surface area (Å²) in [5.41, 5.74) is 2.53. The van der Waals surface area contributed by atoms with Crippen molar-refractivity contribution in [3.8, 4) is 28.6 Å². The molecule has 1 heterocycles. The number of aryl methyl sites for hydroxylation is 1. The van der Waals surface area contributed by atoms with Gasteiger partial charge in [0.05, 0.1) is 25.8 Å². The average Bonchev–Trinajstić information content (AvgIpc) is 2.68. The summed E-state index contributed by atoms with van der Waals surface area (Å²) in [6.45, 7) is 1.94. The third kappa shape index (κ3) is 3.82. The molecule has 0 unspecified atom stereocenters. The van der Waals surface area contributed by atoms with Crippen molar-refractivity contribution in [2.75, 3.05) is 19.5 Å². The van der Waals surface area contributed by atoms with Crippen LogP contribution in [-0.2, 0) is 0 Å². The van der Waals surface area contributed by atoms with Crippen LogP contribution in [0.5, 0.6) is 17.5 Å². The molecule has 0 aliphatic heterocycles. The number of benzene rings is 2. The van der Waals surface area contributed by atoms with Gasteiger partial charge in [-0.3, -0.25) is 10.1 Å². The topological polar surface area (TPSA) is 93.6 Å². The van der Waals surface area contributed by atoms with E-state index in [1.165, 1.54) is 26.4 Å². The Morgan fingerprint density at radius 1 is 0.963 bits per heavy atom. The molecule has 7 heteroatoms. The number of nitrogens with zero attached hydrogens (tertiary/aromatic N) is 2. The summed E-state index contributed by atoms with van der Waals surface area (Å²) in [4.78, 5) is 20.8. The molecule has 0 saturated heterocycles. The van der Waals surface area contributed by atoms with Gasteiger partial charge in [0.2, 0.25) is 17.7 Å². The minimum Gasteiger partial charge on any atom is -0.506 e. The highest BCUT2D eigenvalue weighted by Gasteiger charge is 2.18. The summed E-state index contributed by atoms with van der Waals surface area (Å²) in [7, 11) is 2.90. The Hall–Kier alpha value is -3.61. The fourth-order valence-corrected chi connectivity index (χ4v) is 2.66. The van der Waals surface area contributed by atoms with Crippen molar-refractivity contribution < 1.29 is 19.4 Å². The number of aromatic nitrogens is 2. The predicted octanol–water partition coefficient (Wildman–Crippen LogP) is 3.43. The van der Waals surface area contributed by atoms with E-state index in [1.54, 1.807) is 12.1 Å². The molecule has 1 amide bonds. The van der Waals surface area contributed by atoms with E-state index in [0.717, 1.165) is 11.1 Å². The second-order valence-electron chi connectivity index (χ2n) is 5.75. The van der Waals surface area contributed by atoms with Crippen LogP contribution in [0.4, 0.5) is 5.95 Å². The molecule has 7 nitrogen and oxygen atoms in total. The molecule has 27 heavy (non-hydrogen) atoms. The highest BCUT2D eigenvalue weighted by atomic mass is 16.5. The van der Waals surface area contributed by atoms with Crippen LogP contribution in [0.15, 0.2) is 48.5 Å². The van der Waals surface area contributed by atoms with Crippen molar-refractivity contribution in [1.29, 1.82) is 0 Å². The summed E-state index contributed by atoms with van der Waals surface area (Å²) in [5.74, 6) is -0.153. The summed E-state index contributed by atoms with van der Waals surface area (Å²) in [5, 5.41) is 13.2. The van der Waals surface area contributed by atoms with Gasteiger partial charge in [-0.05, 0) is 24.1 Å². The van der Waals surface area contributed by atoms with Gasteiger partial charge in [0.1, 0.15) is 5.75 Å². The first-order valence-corrected chi connectivity index (χ1v) is 8.20. The first-order valence-electron chi connectivity index (χ1n) is 8.20. The van der Waals surface area contributed by atoms with Gasteiger partial charge >= 0.3 is 0 Å². The molecular formula is C20H19N3O4. The van der Waals surface area contributed by atoms with Crippen molar-refractivity contribution in [3.63, 3.8) is 0 Å². The molecule has 0 spiro atoms. The SMILES string of the molecule is COc1cc(OC)nc(NC(=O)c2cccc(-c3ccccc3C)c2O)n1. The molecule has 0 aliphatic rings. The van der Waals surface area contributed by atoms with E-state index in [-0.39, 0.29) is 29.0 Å². The molecule has 0 radical (unpaired) electrons. The number of anilines is 1. The van der Waals surface area contributed by atoms with Gasteiger partial charge in [0, 0.05) is 5.56 Å². The zero-order valence-corrected chi connectivity index (χ0v) is 15.2. The normalized spacial score (nSPS) is 10.3. The zero-order chi connectivity index (χ0) is 19.4. The number of ether oxygens (including phenoxy) is 2. The van der Waals surface area contributed by atoms with Crippen LogP contribution in [0, 0.1) is 6.92 Å². The largest absolute Gasteiger partial charge is 0.506 e. The zero-order valence-electron chi connectivity index (χ0n) is 15.2. The lowest BCUT2D eigenvalue weighted by Crippen LogP contribution is -2.15. The molecule has 0 bridgehead atoms. The number of carbonyl (C=O) groups is 1. The minimum atomic E-state index is -0.543. The maximum absolute atomic E-state index is 12.7. The number of hydrogen-bond donors (Lipinski definition) is 2.